The summed E-state index contributed by atoms with van der Waals surface area (Å²) in [7, 11) is 3.47. The second-order valence-electron chi connectivity index (χ2n) is 6.11. The van der Waals surface area contributed by atoms with E-state index in [0.717, 1.165) is 30.5 Å². The van der Waals surface area contributed by atoms with Gasteiger partial charge in [-0.2, -0.15) is 0 Å². The lowest BCUT2D eigenvalue weighted by molar-refractivity contribution is -0.210. The smallest absolute Gasteiger partial charge is 0.171 e. The number of hydrogen-bond acceptors (Lipinski definition) is 3. The first-order chi connectivity index (χ1) is 10.7. The second kappa shape index (κ2) is 10.6. The first kappa shape index (κ1) is 19.0. The van der Waals surface area contributed by atoms with Crippen molar-refractivity contribution in [2.45, 2.75) is 70.5 Å². The van der Waals surface area contributed by atoms with E-state index in [9.17, 15) is 0 Å². The SMILES string of the molecule is CCCCCCCCCC(Cc1cccc(N)c1)(OC)OC. The van der Waals surface area contributed by atoms with Gasteiger partial charge in [0, 0.05) is 32.7 Å². The van der Waals surface area contributed by atoms with Crippen LogP contribution in [0, 0.1) is 0 Å². The standard InChI is InChI=1S/C19H33NO2/c1-4-5-6-7-8-9-10-14-19(21-2,22-3)16-17-12-11-13-18(20)15-17/h11-13,15H,4-10,14,16,20H2,1-3H3. The van der Waals surface area contributed by atoms with Crippen LogP contribution in [-0.2, 0) is 15.9 Å². The summed E-state index contributed by atoms with van der Waals surface area (Å²) in [4.78, 5) is 0. The van der Waals surface area contributed by atoms with E-state index < -0.39 is 5.79 Å². The third-order valence-electron chi connectivity index (χ3n) is 4.33. The molecule has 1 aromatic carbocycles. The van der Waals surface area contributed by atoms with Gasteiger partial charge in [0.1, 0.15) is 0 Å². The monoisotopic (exact) mass is 307 g/mol. The van der Waals surface area contributed by atoms with E-state index in [-0.39, 0.29) is 0 Å². The lowest BCUT2D eigenvalue weighted by Crippen LogP contribution is -2.36. The van der Waals surface area contributed by atoms with E-state index in [1.807, 2.05) is 18.2 Å². The van der Waals surface area contributed by atoms with Gasteiger partial charge in [0.05, 0.1) is 0 Å². The summed E-state index contributed by atoms with van der Waals surface area (Å²) in [5, 5.41) is 0. The highest BCUT2D eigenvalue weighted by molar-refractivity contribution is 5.40. The normalized spacial score (nSPS) is 11.8. The van der Waals surface area contributed by atoms with Crippen LogP contribution in [0.25, 0.3) is 0 Å². The summed E-state index contributed by atoms with van der Waals surface area (Å²) in [5.41, 5.74) is 7.80. The number of methoxy groups -OCH3 is 2. The molecule has 0 aromatic heterocycles. The molecule has 3 heteroatoms. The van der Waals surface area contributed by atoms with Gasteiger partial charge in [-0.25, -0.2) is 0 Å². The van der Waals surface area contributed by atoms with Crippen LogP contribution in [0.1, 0.15) is 63.9 Å². The molecule has 0 spiro atoms. The minimum absolute atomic E-state index is 0.531. The lowest BCUT2D eigenvalue weighted by atomic mass is 9.98. The van der Waals surface area contributed by atoms with Crippen LogP contribution in [0.5, 0.6) is 0 Å². The van der Waals surface area contributed by atoms with Gasteiger partial charge in [0.2, 0.25) is 0 Å². The highest BCUT2D eigenvalue weighted by atomic mass is 16.7. The molecule has 1 rings (SSSR count). The minimum atomic E-state index is -0.531. The van der Waals surface area contributed by atoms with Crippen molar-refractivity contribution in [3.8, 4) is 0 Å². The Morgan fingerprint density at radius 3 is 2.18 bits per heavy atom. The zero-order valence-electron chi connectivity index (χ0n) is 14.6. The Labute approximate surface area is 136 Å². The fourth-order valence-corrected chi connectivity index (χ4v) is 2.89. The molecule has 0 unspecified atom stereocenters. The Morgan fingerprint density at radius 2 is 1.59 bits per heavy atom. The number of benzene rings is 1. The summed E-state index contributed by atoms with van der Waals surface area (Å²) >= 11 is 0. The maximum Gasteiger partial charge on any atom is 0.171 e. The predicted octanol–water partition coefficient (Wildman–Crippen LogP) is 4.94. The minimum Gasteiger partial charge on any atom is -0.399 e. The van der Waals surface area contributed by atoms with Gasteiger partial charge in [-0.15, -0.1) is 0 Å². The van der Waals surface area contributed by atoms with E-state index in [4.69, 9.17) is 15.2 Å². The lowest BCUT2D eigenvalue weighted by Gasteiger charge is -2.31. The second-order valence-corrected chi connectivity index (χ2v) is 6.11. The number of unbranched alkanes of at least 4 members (excludes halogenated alkanes) is 6. The van der Waals surface area contributed by atoms with E-state index >= 15 is 0 Å². The number of rotatable bonds is 12. The molecule has 3 nitrogen and oxygen atoms in total. The largest absolute Gasteiger partial charge is 0.399 e. The van der Waals surface area contributed by atoms with Crippen LogP contribution >= 0.6 is 0 Å². The van der Waals surface area contributed by atoms with Gasteiger partial charge in [-0.3, -0.25) is 0 Å². The summed E-state index contributed by atoms with van der Waals surface area (Å²) < 4.78 is 11.4. The first-order valence-corrected chi connectivity index (χ1v) is 8.60. The molecule has 0 saturated heterocycles. The number of hydrogen-bond donors (Lipinski definition) is 1. The zero-order valence-corrected chi connectivity index (χ0v) is 14.6. The van der Waals surface area contributed by atoms with Gasteiger partial charge >= 0.3 is 0 Å². The summed E-state index contributed by atoms with van der Waals surface area (Å²) in [6.45, 7) is 2.25. The van der Waals surface area contributed by atoms with Crippen molar-refractivity contribution in [1.29, 1.82) is 0 Å². The third kappa shape index (κ3) is 6.80. The molecule has 2 N–H and O–H groups in total. The van der Waals surface area contributed by atoms with Crippen LogP contribution in [0.3, 0.4) is 0 Å². The van der Waals surface area contributed by atoms with Crippen molar-refractivity contribution in [1.82, 2.24) is 0 Å². The van der Waals surface area contributed by atoms with Crippen molar-refractivity contribution in [3.63, 3.8) is 0 Å². The molecule has 0 bridgehead atoms. The van der Waals surface area contributed by atoms with E-state index in [1.165, 1.54) is 38.5 Å². The van der Waals surface area contributed by atoms with Gasteiger partial charge < -0.3 is 15.2 Å². The molecule has 1 aromatic rings. The molecular formula is C19H33NO2. The van der Waals surface area contributed by atoms with Gasteiger partial charge in [0.25, 0.3) is 0 Å². The van der Waals surface area contributed by atoms with Crippen LogP contribution in [0.4, 0.5) is 5.69 Å². The Balaban J connectivity index is 2.42. The Morgan fingerprint density at radius 1 is 0.955 bits per heavy atom. The van der Waals surface area contributed by atoms with Gasteiger partial charge in [-0.1, -0.05) is 57.6 Å². The topological polar surface area (TPSA) is 44.5 Å². The van der Waals surface area contributed by atoms with Gasteiger partial charge in [0.15, 0.2) is 5.79 Å². The van der Waals surface area contributed by atoms with Crippen LogP contribution < -0.4 is 5.73 Å². The first-order valence-electron chi connectivity index (χ1n) is 8.60. The Bertz CT molecular complexity index is 402. The quantitative estimate of drug-likeness (QED) is 0.338. The average Bonchev–Trinajstić information content (AvgIpc) is 2.53. The molecular weight excluding hydrogens is 274 g/mol. The summed E-state index contributed by atoms with van der Waals surface area (Å²) in [6.07, 6.45) is 10.7. The van der Waals surface area contributed by atoms with Gasteiger partial charge in [-0.05, 0) is 24.1 Å². The van der Waals surface area contributed by atoms with Crippen molar-refractivity contribution >= 4 is 5.69 Å². The van der Waals surface area contributed by atoms with Crippen LogP contribution in [0.15, 0.2) is 24.3 Å². The van der Waals surface area contributed by atoms with E-state index in [2.05, 4.69) is 13.0 Å². The molecule has 126 valence electrons. The fraction of sp³-hybridized carbons (Fsp3) is 0.684. The summed E-state index contributed by atoms with van der Waals surface area (Å²) in [6, 6.07) is 7.96. The molecule has 0 atom stereocenters. The van der Waals surface area contributed by atoms with E-state index in [1.54, 1.807) is 14.2 Å². The number of nitrogens with two attached hydrogens (primary N) is 1. The van der Waals surface area contributed by atoms with E-state index in [0.29, 0.717) is 0 Å². The predicted molar refractivity (Wildman–Crippen MR) is 93.9 cm³/mol. The Hall–Kier alpha value is -1.06. The number of ether oxygens (including phenoxy) is 2. The number of anilines is 1. The maximum atomic E-state index is 5.86. The molecule has 0 heterocycles. The Kier molecular flexibility index (Phi) is 9.17. The molecule has 0 radical (unpaired) electrons. The summed E-state index contributed by atoms with van der Waals surface area (Å²) in [5.74, 6) is -0.531. The molecule has 0 fully saturated rings. The fourth-order valence-electron chi connectivity index (χ4n) is 2.89. The molecule has 0 amide bonds. The molecule has 22 heavy (non-hydrogen) atoms. The van der Waals surface area contributed by atoms with Crippen molar-refractivity contribution in [3.05, 3.63) is 29.8 Å². The highest BCUT2D eigenvalue weighted by Crippen LogP contribution is 2.26. The average molecular weight is 307 g/mol. The zero-order chi connectivity index (χ0) is 16.3. The van der Waals surface area contributed by atoms with Crippen molar-refractivity contribution < 1.29 is 9.47 Å². The molecule has 0 saturated carbocycles. The van der Waals surface area contributed by atoms with Crippen molar-refractivity contribution in [2.75, 3.05) is 20.0 Å². The van der Waals surface area contributed by atoms with Crippen LogP contribution in [0.2, 0.25) is 0 Å². The highest BCUT2D eigenvalue weighted by Gasteiger charge is 2.29. The molecule has 0 aliphatic heterocycles. The van der Waals surface area contributed by atoms with Crippen molar-refractivity contribution in [2.24, 2.45) is 0 Å². The van der Waals surface area contributed by atoms with Crippen LogP contribution in [-0.4, -0.2) is 20.0 Å². The molecule has 0 aliphatic rings. The maximum absolute atomic E-state index is 5.86. The third-order valence-corrected chi connectivity index (χ3v) is 4.33. The molecule has 0 aliphatic carbocycles. The number of nitrogen functional groups attached to an aromatic ring is 1.